The Morgan fingerprint density at radius 1 is 1.29 bits per heavy atom. The fourth-order valence-corrected chi connectivity index (χ4v) is 3.21. The highest BCUT2D eigenvalue weighted by Crippen LogP contribution is 2.26. The molecule has 96 valence electrons. The van der Waals surface area contributed by atoms with Crippen molar-refractivity contribution in [2.24, 2.45) is 11.8 Å². The quantitative estimate of drug-likeness (QED) is 0.815. The molecule has 0 amide bonds. The van der Waals surface area contributed by atoms with Gasteiger partial charge in [-0.15, -0.1) is 0 Å². The highest BCUT2D eigenvalue weighted by molar-refractivity contribution is 4.95. The summed E-state index contributed by atoms with van der Waals surface area (Å²) < 4.78 is 5.70. The third kappa shape index (κ3) is 3.20. The minimum absolute atomic E-state index is 0.228. The lowest BCUT2D eigenvalue weighted by Crippen LogP contribution is -2.41. The lowest BCUT2D eigenvalue weighted by atomic mass is 9.85. The first-order valence-corrected chi connectivity index (χ1v) is 7.09. The van der Waals surface area contributed by atoms with Crippen LogP contribution in [0.1, 0.15) is 45.4 Å². The van der Waals surface area contributed by atoms with Gasteiger partial charge in [-0.2, -0.15) is 5.26 Å². The van der Waals surface area contributed by atoms with E-state index in [2.05, 4.69) is 18.3 Å². The summed E-state index contributed by atoms with van der Waals surface area (Å²) in [6.45, 7) is 4.14. The molecule has 1 saturated carbocycles. The summed E-state index contributed by atoms with van der Waals surface area (Å²) in [7, 11) is 0. The molecule has 3 nitrogen and oxygen atoms in total. The summed E-state index contributed by atoms with van der Waals surface area (Å²) in [6.07, 6.45) is 7.46. The van der Waals surface area contributed by atoms with Crippen molar-refractivity contribution < 1.29 is 4.74 Å². The van der Waals surface area contributed by atoms with Crippen LogP contribution in [0, 0.1) is 23.2 Å². The fourth-order valence-electron chi connectivity index (χ4n) is 3.21. The van der Waals surface area contributed by atoms with E-state index in [1.165, 1.54) is 25.7 Å². The summed E-state index contributed by atoms with van der Waals surface area (Å²) in [4.78, 5) is 0. The lowest BCUT2D eigenvalue weighted by Gasteiger charge is -2.29. The van der Waals surface area contributed by atoms with E-state index in [9.17, 15) is 0 Å². The number of hydrogen-bond acceptors (Lipinski definition) is 3. The molecule has 0 radical (unpaired) electrons. The van der Waals surface area contributed by atoms with Gasteiger partial charge in [-0.25, -0.2) is 0 Å². The zero-order chi connectivity index (χ0) is 12.1. The number of rotatable bonds is 4. The molecule has 17 heavy (non-hydrogen) atoms. The highest BCUT2D eigenvalue weighted by Gasteiger charge is 2.29. The van der Waals surface area contributed by atoms with Gasteiger partial charge in [0.2, 0.25) is 0 Å². The predicted octanol–water partition coefficient (Wildman–Crippen LogP) is 2.47. The lowest BCUT2D eigenvalue weighted by molar-refractivity contribution is 0.0857. The molecular weight excluding hydrogens is 212 g/mol. The third-order valence-electron chi connectivity index (χ3n) is 4.32. The normalized spacial score (nSPS) is 37.9. The standard InChI is InChI=1S/C14H24N2O/c1-2-14-12(7-8-17-14)10-16-13-6-4-3-5-11(13)9-15/h11-14,16H,2-8,10H2,1H3. The van der Waals surface area contributed by atoms with Crippen LogP contribution < -0.4 is 5.32 Å². The van der Waals surface area contributed by atoms with Crippen LogP contribution in [-0.2, 0) is 4.74 Å². The molecule has 0 spiro atoms. The monoisotopic (exact) mass is 236 g/mol. The minimum Gasteiger partial charge on any atom is -0.378 e. The van der Waals surface area contributed by atoms with Crippen LogP contribution in [0.5, 0.6) is 0 Å². The number of nitriles is 1. The first-order chi connectivity index (χ1) is 8.35. The Kier molecular flexibility index (Phi) is 4.82. The minimum atomic E-state index is 0.228. The zero-order valence-corrected chi connectivity index (χ0v) is 10.8. The van der Waals surface area contributed by atoms with Crippen LogP contribution in [0.4, 0.5) is 0 Å². The van der Waals surface area contributed by atoms with Gasteiger partial charge in [0.1, 0.15) is 0 Å². The molecule has 1 aliphatic heterocycles. The van der Waals surface area contributed by atoms with E-state index in [4.69, 9.17) is 10.00 Å². The van der Waals surface area contributed by atoms with Crippen molar-refractivity contribution in [2.75, 3.05) is 13.2 Å². The highest BCUT2D eigenvalue weighted by atomic mass is 16.5. The van der Waals surface area contributed by atoms with Crippen molar-refractivity contribution in [1.82, 2.24) is 5.32 Å². The van der Waals surface area contributed by atoms with Crippen LogP contribution in [-0.4, -0.2) is 25.3 Å². The summed E-state index contributed by atoms with van der Waals surface area (Å²) in [5, 5.41) is 12.8. The van der Waals surface area contributed by atoms with Crippen LogP contribution in [0.15, 0.2) is 0 Å². The number of ether oxygens (including phenoxy) is 1. The molecular formula is C14H24N2O. The number of nitrogens with one attached hydrogen (secondary N) is 1. The zero-order valence-electron chi connectivity index (χ0n) is 10.8. The SMILES string of the molecule is CCC1OCCC1CNC1CCCCC1C#N. The van der Waals surface area contributed by atoms with Gasteiger partial charge in [-0.1, -0.05) is 19.8 Å². The molecule has 3 heteroatoms. The van der Waals surface area contributed by atoms with Gasteiger partial charge < -0.3 is 10.1 Å². The largest absolute Gasteiger partial charge is 0.378 e. The second kappa shape index (κ2) is 6.37. The Balaban J connectivity index is 1.78. The van der Waals surface area contributed by atoms with Gasteiger partial charge in [-0.05, 0) is 31.6 Å². The van der Waals surface area contributed by atoms with Gasteiger partial charge in [0, 0.05) is 19.2 Å². The fraction of sp³-hybridized carbons (Fsp3) is 0.929. The van der Waals surface area contributed by atoms with Crippen LogP contribution in [0.3, 0.4) is 0 Å². The first-order valence-electron chi connectivity index (χ1n) is 7.09. The molecule has 1 N–H and O–H groups in total. The summed E-state index contributed by atoms with van der Waals surface area (Å²) in [6, 6.07) is 2.88. The molecule has 2 aliphatic rings. The van der Waals surface area contributed by atoms with Crippen molar-refractivity contribution >= 4 is 0 Å². The molecule has 2 rings (SSSR count). The summed E-state index contributed by atoms with van der Waals surface area (Å²) in [5.41, 5.74) is 0. The van der Waals surface area contributed by atoms with E-state index in [-0.39, 0.29) is 5.92 Å². The van der Waals surface area contributed by atoms with Gasteiger partial charge in [0.05, 0.1) is 18.1 Å². The van der Waals surface area contributed by atoms with Crippen molar-refractivity contribution in [3.8, 4) is 6.07 Å². The van der Waals surface area contributed by atoms with Gasteiger partial charge >= 0.3 is 0 Å². The van der Waals surface area contributed by atoms with Gasteiger partial charge in [0.15, 0.2) is 0 Å². The third-order valence-corrected chi connectivity index (χ3v) is 4.32. The molecule has 1 heterocycles. The Bertz CT molecular complexity index is 274. The molecule has 2 fully saturated rings. The van der Waals surface area contributed by atoms with E-state index in [0.717, 1.165) is 26.0 Å². The molecule has 4 atom stereocenters. The van der Waals surface area contributed by atoms with E-state index in [1.807, 2.05) is 0 Å². The van der Waals surface area contributed by atoms with E-state index in [0.29, 0.717) is 18.1 Å². The second-order valence-electron chi connectivity index (χ2n) is 5.40. The summed E-state index contributed by atoms with van der Waals surface area (Å²) in [5.74, 6) is 0.882. The van der Waals surface area contributed by atoms with Gasteiger partial charge in [0.25, 0.3) is 0 Å². The molecule has 1 saturated heterocycles. The Morgan fingerprint density at radius 3 is 2.88 bits per heavy atom. The molecule has 0 bridgehead atoms. The Hall–Kier alpha value is -0.590. The molecule has 0 aromatic rings. The predicted molar refractivity (Wildman–Crippen MR) is 67.5 cm³/mol. The van der Waals surface area contributed by atoms with Gasteiger partial charge in [-0.3, -0.25) is 0 Å². The molecule has 1 aliphatic carbocycles. The van der Waals surface area contributed by atoms with Crippen LogP contribution in [0.25, 0.3) is 0 Å². The first kappa shape index (κ1) is 12.9. The Labute approximate surface area is 105 Å². The van der Waals surface area contributed by atoms with Crippen molar-refractivity contribution in [3.05, 3.63) is 0 Å². The van der Waals surface area contributed by atoms with Crippen LogP contribution in [0.2, 0.25) is 0 Å². The van der Waals surface area contributed by atoms with E-state index < -0.39 is 0 Å². The number of hydrogen-bond donors (Lipinski definition) is 1. The number of nitrogens with zero attached hydrogens (tertiary/aromatic N) is 1. The maximum absolute atomic E-state index is 9.14. The van der Waals surface area contributed by atoms with E-state index in [1.54, 1.807) is 0 Å². The van der Waals surface area contributed by atoms with E-state index >= 15 is 0 Å². The topological polar surface area (TPSA) is 45.0 Å². The maximum Gasteiger partial charge on any atom is 0.0672 e. The van der Waals surface area contributed by atoms with Crippen molar-refractivity contribution in [3.63, 3.8) is 0 Å². The molecule has 0 aromatic heterocycles. The molecule has 4 unspecified atom stereocenters. The van der Waals surface area contributed by atoms with Crippen LogP contribution >= 0.6 is 0 Å². The average molecular weight is 236 g/mol. The van der Waals surface area contributed by atoms with Crippen molar-refractivity contribution in [1.29, 1.82) is 5.26 Å². The second-order valence-corrected chi connectivity index (χ2v) is 5.40. The average Bonchev–Trinajstić information content (AvgIpc) is 2.84. The molecule has 0 aromatic carbocycles. The smallest absolute Gasteiger partial charge is 0.0672 e. The maximum atomic E-state index is 9.14. The Morgan fingerprint density at radius 2 is 2.12 bits per heavy atom. The van der Waals surface area contributed by atoms with Crippen molar-refractivity contribution in [2.45, 2.75) is 57.6 Å². The summed E-state index contributed by atoms with van der Waals surface area (Å²) >= 11 is 0.